The molecule has 11 nitrogen and oxygen atoms in total. The molecule has 0 spiro atoms. The van der Waals surface area contributed by atoms with Crippen molar-refractivity contribution >= 4 is 41.3 Å². The highest BCUT2D eigenvalue weighted by Gasteiger charge is 2.35. The maximum Gasteiger partial charge on any atom is 0.332 e. The third kappa shape index (κ3) is 3.67. The zero-order valence-electron chi connectivity index (χ0n) is 18.3. The van der Waals surface area contributed by atoms with E-state index >= 15 is 0 Å². The van der Waals surface area contributed by atoms with E-state index < -0.39 is 36.1 Å². The summed E-state index contributed by atoms with van der Waals surface area (Å²) < 4.78 is 3.35. The summed E-state index contributed by atoms with van der Waals surface area (Å²) in [7, 11) is 1.46. The van der Waals surface area contributed by atoms with E-state index in [0.29, 0.717) is 18.1 Å². The summed E-state index contributed by atoms with van der Waals surface area (Å²) in [6, 6.07) is 8.37. The van der Waals surface area contributed by atoms with Gasteiger partial charge in [-0.25, -0.2) is 4.79 Å². The first-order valence-electron chi connectivity index (χ1n) is 10.6. The maximum absolute atomic E-state index is 13.4. The van der Waals surface area contributed by atoms with Gasteiger partial charge in [0.2, 0.25) is 5.95 Å². The van der Waals surface area contributed by atoms with Gasteiger partial charge in [0, 0.05) is 43.5 Å². The van der Waals surface area contributed by atoms with Crippen LogP contribution in [0.2, 0.25) is 0 Å². The number of aliphatic carboxylic acids is 1. The maximum atomic E-state index is 13.4. The van der Waals surface area contributed by atoms with Gasteiger partial charge in [0.1, 0.15) is 6.54 Å². The van der Waals surface area contributed by atoms with Crippen molar-refractivity contribution in [2.45, 2.75) is 19.5 Å². The number of carboxylic acids is 1. The Labute approximate surface area is 199 Å². The zero-order valence-corrected chi connectivity index (χ0v) is 19.1. The van der Waals surface area contributed by atoms with Crippen molar-refractivity contribution in [2.24, 2.45) is 13.0 Å². The molecule has 1 fully saturated rings. The van der Waals surface area contributed by atoms with Gasteiger partial charge in [-0.05, 0) is 6.42 Å². The molecule has 1 unspecified atom stereocenters. The largest absolute Gasteiger partial charge is 0.480 e. The molecule has 0 saturated carbocycles. The van der Waals surface area contributed by atoms with Crippen LogP contribution in [0.25, 0.3) is 11.2 Å². The molecule has 0 aliphatic carbocycles. The number of rotatable bonds is 6. The monoisotopic (exact) mass is 486 g/mol. The Balaban J connectivity index is 0.00000274. The first kappa shape index (κ1) is 23.3. The Kier molecular flexibility index (Phi) is 6.05. The molecule has 2 N–H and O–H groups in total. The molecule has 178 valence electrons. The van der Waals surface area contributed by atoms with E-state index in [1.165, 1.54) is 16.2 Å². The van der Waals surface area contributed by atoms with Crippen LogP contribution < -0.4 is 21.5 Å². The first-order valence-corrected chi connectivity index (χ1v) is 10.6. The predicted octanol–water partition coefficient (Wildman–Crippen LogP) is 0.557. The number of carbonyl (C=O) groups excluding carboxylic acids is 1. The number of nitrogens with one attached hydrogen (secondary N) is 1. The summed E-state index contributed by atoms with van der Waals surface area (Å²) in [5.74, 6) is -0.968. The molecular weight excluding hydrogens is 464 g/mol. The molecule has 1 saturated heterocycles. The summed E-state index contributed by atoms with van der Waals surface area (Å²) in [6.07, 6.45) is 2.74. The molecule has 3 aromatic rings. The van der Waals surface area contributed by atoms with E-state index in [1.807, 2.05) is 11.1 Å². The Morgan fingerprint density at radius 2 is 1.88 bits per heavy atom. The number of carboxylic acid groups (broad SMARTS) is 1. The second-order valence-electron chi connectivity index (χ2n) is 8.20. The number of Topliss-reactive ketones (excluding diaryl/α,β-unsaturated/α-hetero) is 1. The van der Waals surface area contributed by atoms with Gasteiger partial charge in [-0.15, -0.1) is 12.4 Å². The molecule has 2 aliphatic heterocycles. The fourth-order valence-corrected chi connectivity index (χ4v) is 4.56. The number of halogens is 1. The Hall–Kier alpha value is -3.86. The topological polar surface area (TPSA) is 131 Å². The minimum absolute atomic E-state index is 0. The number of nitrogens with zero attached hydrogens (tertiary/aromatic N) is 5. The third-order valence-corrected chi connectivity index (χ3v) is 6.19. The number of hydrogen-bond acceptors (Lipinski definition) is 7. The van der Waals surface area contributed by atoms with Gasteiger partial charge < -0.3 is 15.3 Å². The van der Waals surface area contributed by atoms with E-state index in [2.05, 4.69) is 10.3 Å². The van der Waals surface area contributed by atoms with Gasteiger partial charge in [-0.2, -0.15) is 4.98 Å². The quantitative estimate of drug-likeness (QED) is 0.483. The molecule has 4 heterocycles. The van der Waals surface area contributed by atoms with Crippen molar-refractivity contribution in [1.82, 2.24) is 24.0 Å². The number of aryl methyl sites for hydroxylation is 1. The highest BCUT2D eigenvalue weighted by Crippen LogP contribution is 2.35. The fourth-order valence-electron chi connectivity index (χ4n) is 4.56. The summed E-state index contributed by atoms with van der Waals surface area (Å²) in [6.45, 7) is 0.446. The molecule has 34 heavy (non-hydrogen) atoms. The number of fused-ring (bicyclic) bond motifs is 2. The summed E-state index contributed by atoms with van der Waals surface area (Å²) in [5.41, 5.74) is -0.0300. The minimum Gasteiger partial charge on any atom is -0.480 e. The van der Waals surface area contributed by atoms with E-state index in [1.54, 1.807) is 30.3 Å². The molecule has 2 aromatic heterocycles. The van der Waals surface area contributed by atoms with Crippen molar-refractivity contribution in [1.29, 1.82) is 0 Å². The summed E-state index contributed by atoms with van der Waals surface area (Å²) in [5, 5.41) is 12.7. The van der Waals surface area contributed by atoms with Crippen LogP contribution in [0.15, 0.2) is 51.8 Å². The van der Waals surface area contributed by atoms with Crippen molar-refractivity contribution in [2.75, 3.05) is 18.0 Å². The highest BCUT2D eigenvalue weighted by atomic mass is 35.5. The minimum atomic E-state index is -1.15. The third-order valence-electron chi connectivity index (χ3n) is 6.19. The van der Waals surface area contributed by atoms with Crippen LogP contribution in [0.5, 0.6) is 0 Å². The number of carbonyl (C=O) groups is 2. The SMILES string of the molecule is Cl.Cn1c(=O)n(CC(=O)c2ccccc2)c(=O)c2c1nc(N1CCC3CNC=C31)n2CC(=O)O. The number of aromatic nitrogens is 4. The number of imidazole rings is 1. The summed E-state index contributed by atoms with van der Waals surface area (Å²) >= 11 is 0. The summed E-state index contributed by atoms with van der Waals surface area (Å²) in [4.78, 5) is 57.2. The Morgan fingerprint density at radius 1 is 1.15 bits per heavy atom. The van der Waals surface area contributed by atoms with Crippen LogP contribution in [0.3, 0.4) is 0 Å². The molecule has 1 aromatic carbocycles. The van der Waals surface area contributed by atoms with Gasteiger partial charge in [0.15, 0.2) is 16.9 Å². The first-order chi connectivity index (χ1) is 15.9. The van der Waals surface area contributed by atoms with Crippen LogP contribution in [-0.4, -0.2) is 48.6 Å². The Morgan fingerprint density at radius 3 is 2.59 bits per heavy atom. The van der Waals surface area contributed by atoms with Crippen LogP contribution in [0, 0.1) is 5.92 Å². The molecule has 0 amide bonds. The zero-order chi connectivity index (χ0) is 23.3. The van der Waals surface area contributed by atoms with Crippen molar-refractivity contribution < 1.29 is 14.7 Å². The molecule has 5 rings (SSSR count). The molecular formula is C22H23ClN6O5. The van der Waals surface area contributed by atoms with Crippen molar-refractivity contribution in [3.05, 3.63) is 68.6 Å². The lowest BCUT2D eigenvalue weighted by atomic mass is 10.1. The smallest absolute Gasteiger partial charge is 0.332 e. The highest BCUT2D eigenvalue weighted by molar-refractivity contribution is 5.96. The number of hydrogen-bond donors (Lipinski definition) is 2. The van der Waals surface area contributed by atoms with Gasteiger partial charge in [0.05, 0.1) is 6.54 Å². The van der Waals surface area contributed by atoms with Gasteiger partial charge in [-0.1, -0.05) is 30.3 Å². The van der Waals surface area contributed by atoms with Gasteiger partial charge >= 0.3 is 11.7 Å². The lowest BCUT2D eigenvalue weighted by Gasteiger charge is -2.19. The average molecular weight is 487 g/mol. The number of ketones is 1. The predicted molar refractivity (Wildman–Crippen MR) is 126 cm³/mol. The second kappa shape index (κ2) is 8.82. The van der Waals surface area contributed by atoms with Crippen LogP contribution in [0.4, 0.5) is 5.95 Å². The standard InChI is InChI=1S/C22H22N6O5.ClH/c1-25-19-18(20(32)28(22(25)33)11-16(29)13-5-3-2-4-6-13)27(12-17(30)31)21(24-19)26-8-7-14-9-23-10-15(14)26;/h2-6,10,14,23H,7-9,11-12H2,1H3,(H,30,31);1H. The molecule has 1 atom stereocenters. The normalized spacial score (nSPS) is 16.7. The molecule has 0 bridgehead atoms. The van der Waals surface area contributed by atoms with E-state index in [-0.39, 0.29) is 29.5 Å². The molecule has 2 aliphatic rings. The second-order valence-corrected chi connectivity index (χ2v) is 8.20. The van der Waals surface area contributed by atoms with Crippen LogP contribution in [0.1, 0.15) is 16.8 Å². The van der Waals surface area contributed by atoms with Gasteiger partial charge in [0.25, 0.3) is 5.56 Å². The fraction of sp³-hybridized carbons (Fsp3) is 0.318. The lowest BCUT2D eigenvalue weighted by Crippen LogP contribution is -2.41. The number of anilines is 1. The van der Waals surface area contributed by atoms with Crippen LogP contribution >= 0.6 is 12.4 Å². The van der Waals surface area contributed by atoms with Crippen molar-refractivity contribution in [3.8, 4) is 0 Å². The molecule has 0 radical (unpaired) electrons. The number of benzene rings is 1. The van der Waals surface area contributed by atoms with Gasteiger partial charge in [-0.3, -0.25) is 28.1 Å². The van der Waals surface area contributed by atoms with Crippen LogP contribution in [-0.2, 0) is 24.9 Å². The average Bonchev–Trinajstić information content (AvgIpc) is 3.50. The Bertz CT molecular complexity index is 1440. The van der Waals surface area contributed by atoms with E-state index in [0.717, 1.165) is 23.2 Å². The van der Waals surface area contributed by atoms with E-state index in [4.69, 9.17) is 0 Å². The lowest BCUT2D eigenvalue weighted by molar-refractivity contribution is -0.137. The van der Waals surface area contributed by atoms with Crippen molar-refractivity contribution in [3.63, 3.8) is 0 Å². The van der Waals surface area contributed by atoms with E-state index in [9.17, 15) is 24.3 Å². The molecule has 12 heteroatoms.